The van der Waals surface area contributed by atoms with E-state index in [-0.39, 0.29) is 23.6 Å². The van der Waals surface area contributed by atoms with Gasteiger partial charge in [0.05, 0.1) is 24.5 Å². The Morgan fingerprint density at radius 1 is 0.923 bits per heavy atom. The summed E-state index contributed by atoms with van der Waals surface area (Å²) in [4.78, 5) is 26.0. The van der Waals surface area contributed by atoms with E-state index in [1.165, 1.54) is 18.4 Å². The minimum absolute atomic E-state index is 0.0723. The van der Waals surface area contributed by atoms with Crippen LogP contribution in [0.4, 0.5) is 0 Å². The van der Waals surface area contributed by atoms with E-state index >= 15 is 0 Å². The van der Waals surface area contributed by atoms with Gasteiger partial charge in [-0.25, -0.2) is 0 Å². The summed E-state index contributed by atoms with van der Waals surface area (Å²) in [6, 6.07) is 25.0. The quantitative estimate of drug-likeness (QED) is 0.211. The van der Waals surface area contributed by atoms with Crippen molar-refractivity contribution in [3.05, 3.63) is 118 Å². The molecule has 0 saturated carbocycles. The average Bonchev–Trinajstić information content (AvgIpc) is 2.96. The molecule has 0 aliphatic carbocycles. The lowest BCUT2D eigenvalue weighted by molar-refractivity contribution is -0.135. The minimum atomic E-state index is -0.426. The van der Waals surface area contributed by atoms with Crippen LogP contribution in [-0.4, -0.2) is 18.2 Å². The highest BCUT2D eigenvalue weighted by Gasteiger charge is 2.32. The molecule has 194 valence electrons. The number of phenolic OH excluding ortho intramolecular Hbond substituents is 1. The molecule has 0 radical (unpaired) electrons. The van der Waals surface area contributed by atoms with Crippen LogP contribution in [-0.2, 0) is 11.4 Å². The number of methoxy groups -OCH3 is 1. The van der Waals surface area contributed by atoms with E-state index in [0.29, 0.717) is 51.5 Å². The van der Waals surface area contributed by atoms with E-state index in [4.69, 9.17) is 18.6 Å². The molecule has 7 nitrogen and oxygen atoms in total. The summed E-state index contributed by atoms with van der Waals surface area (Å²) >= 11 is 0. The van der Waals surface area contributed by atoms with E-state index < -0.39 is 5.92 Å². The predicted molar refractivity (Wildman–Crippen MR) is 145 cm³/mol. The summed E-state index contributed by atoms with van der Waals surface area (Å²) in [5, 5.41) is 9.99. The summed E-state index contributed by atoms with van der Waals surface area (Å²) in [7, 11) is 1.57. The summed E-state index contributed by atoms with van der Waals surface area (Å²) in [6.45, 7) is 0.383. The SMILES string of the molecule is COc1cc([C@H]2CC(=O)Oc3ccc4c(=O)c(-c5ccc(O)cc5)coc4c32)ccc1OCc1ccccc1. The van der Waals surface area contributed by atoms with Gasteiger partial charge in [0.25, 0.3) is 0 Å². The number of carbonyl (C=O) groups excluding carboxylic acids is 1. The number of hydrogen-bond acceptors (Lipinski definition) is 7. The summed E-state index contributed by atoms with van der Waals surface area (Å²) in [5.74, 6) is 0.761. The molecule has 0 saturated heterocycles. The second-order valence-electron chi connectivity index (χ2n) is 9.29. The zero-order valence-electron chi connectivity index (χ0n) is 21.0. The number of ether oxygens (including phenoxy) is 3. The molecule has 6 rings (SSSR count). The second kappa shape index (κ2) is 10.0. The molecule has 0 spiro atoms. The van der Waals surface area contributed by atoms with E-state index in [2.05, 4.69) is 0 Å². The van der Waals surface area contributed by atoms with E-state index in [1.807, 2.05) is 48.5 Å². The Bertz CT molecular complexity index is 1740. The zero-order chi connectivity index (χ0) is 26.9. The van der Waals surface area contributed by atoms with Gasteiger partial charge in [0, 0.05) is 11.5 Å². The molecule has 39 heavy (non-hydrogen) atoms. The number of aromatic hydroxyl groups is 1. The summed E-state index contributed by atoms with van der Waals surface area (Å²) < 4.78 is 23.2. The molecule has 2 heterocycles. The van der Waals surface area contributed by atoms with Crippen LogP contribution in [0.2, 0.25) is 0 Å². The minimum Gasteiger partial charge on any atom is -0.508 e. The topological polar surface area (TPSA) is 95.2 Å². The Labute approximate surface area is 223 Å². The number of carbonyl (C=O) groups is 1. The maximum absolute atomic E-state index is 13.5. The first-order valence-corrected chi connectivity index (χ1v) is 12.4. The highest BCUT2D eigenvalue weighted by atomic mass is 16.5. The molecular weight excluding hydrogens is 496 g/mol. The van der Waals surface area contributed by atoms with Crippen molar-refractivity contribution in [1.29, 1.82) is 0 Å². The van der Waals surface area contributed by atoms with Gasteiger partial charge in [-0.05, 0) is 53.1 Å². The highest BCUT2D eigenvalue weighted by molar-refractivity contribution is 5.90. The molecule has 1 aliphatic rings. The summed E-state index contributed by atoms with van der Waals surface area (Å²) in [5.41, 5.74) is 3.59. The molecule has 0 bridgehead atoms. The first-order valence-electron chi connectivity index (χ1n) is 12.4. The lowest BCUT2D eigenvalue weighted by atomic mass is 9.85. The molecule has 1 N–H and O–H groups in total. The molecular formula is C32H24O7. The van der Waals surface area contributed by atoms with Crippen molar-refractivity contribution in [3.63, 3.8) is 0 Å². The molecule has 7 heteroatoms. The third-order valence-corrected chi connectivity index (χ3v) is 6.89. The van der Waals surface area contributed by atoms with Crippen LogP contribution in [0.5, 0.6) is 23.0 Å². The lowest BCUT2D eigenvalue weighted by Gasteiger charge is -2.26. The fourth-order valence-electron chi connectivity index (χ4n) is 4.94. The molecule has 0 fully saturated rings. The van der Waals surface area contributed by atoms with Gasteiger partial charge >= 0.3 is 5.97 Å². The van der Waals surface area contributed by atoms with Gasteiger partial charge in [-0.3, -0.25) is 9.59 Å². The smallest absolute Gasteiger partial charge is 0.312 e. The van der Waals surface area contributed by atoms with E-state index in [0.717, 1.165) is 11.1 Å². The van der Waals surface area contributed by atoms with Crippen LogP contribution in [0, 0.1) is 0 Å². The standard InChI is InChI=1S/C32H24O7/c1-36-28-15-21(9-13-26(28)37-17-19-5-3-2-4-6-19)24-16-29(34)39-27-14-12-23-31(35)25(18-38-32(23)30(24)27)20-7-10-22(33)11-8-20/h2-15,18,24,33H,16-17H2,1H3/t24-/m1/s1. The number of fused-ring (bicyclic) bond motifs is 3. The van der Waals surface area contributed by atoms with Crippen molar-refractivity contribution in [2.45, 2.75) is 18.9 Å². The Kier molecular flexibility index (Phi) is 6.25. The molecule has 1 aliphatic heterocycles. The first kappa shape index (κ1) is 24.3. The number of rotatable bonds is 6. The van der Waals surface area contributed by atoms with Crippen molar-refractivity contribution in [3.8, 4) is 34.1 Å². The fraction of sp³-hybridized carbons (Fsp3) is 0.125. The van der Waals surface area contributed by atoms with Gasteiger partial charge in [0.1, 0.15) is 30.0 Å². The summed E-state index contributed by atoms with van der Waals surface area (Å²) in [6.07, 6.45) is 1.48. The first-order chi connectivity index (χ1) is 19.0. The van der Waals surface area contributed by atoms with E-state index in [9.17, 15) is 14.7 Å². The lowest BCUT2D eigenvalue weighted by Crippen LogP contribution is -2.22. The van der Waals surface area contributed by atoms with Gasteiger partial charge in [0.15, 0.2) is 11.5 Å². The van der Waals surface area contributed by atoms with Crippen molar-refractivity contribution in [1.82, 2.24) is 0 Å². The van der Waals surface area contributed by atoms with Crippen LogP contribution >= 0.6 is 0 Å². The Hall–Kier alpha value is -5.04. The number of esters is 1. The normalized spacial score (nSPS) is 14.5. The highest BCUT2D eigenvalue weighted by Crippen LogP contribution is 2.44. The maximum Gasteiger partial charge on any atom is 0.312 e. The molecule has 0 amide bonds. The van der Waals surface area contributed by atoms with Crippen molar-refractivity contribution >= 4 is 16.9 Å². The Balaban J connectivity index is 1.41. The molecule has 1 atom stereocenters. The van der Waals surface area contributed by atoms with Crippen molar-refractivity contribution in [2.75, 3.05) is 7.11 Å². The zero-order valence-corrected chi connectivity index (χ0v) is 21.0. The van der Waals surface area contributed by atoms with E-state index in [1.54, 1.807) is 31.4 Å². The maximum atomic E-state index is 13.5. The molecule has 5 aromatic rings. The van der Waals surface area contributed by atoms with Crippen LogP contribution in [0.15, 0.2) is 100 Å². The monoisotopic (exact) mass is 520 g/mol. The van der Waals surface area contributed by atoms with Gasteiger partial charge in [-0.1, -0.05) is 48.5 Å². The van der Waals surface area contributed by atoms with Gasteiger partial charge in [-0.2, -0.15) is 0 Å². The third-order valence-electron chi connectivity index (χ3n) is 6.89. The number of hydrogen-bond donors (Lipinski definition) is 1. The largest absolute Gasteiger partial charge is 0.508 e. The second-order valence-corrected chi connectivity index (χ2v) is 9.29. The number of phenols is 1. The van der Waals surface area contributed by atoms with Crippen LogP contribution < -0.4 is 19.6 Å². The molecule has 0 unspecified atom stereocenters. The average molecular weight is 521 g/mol. The molecule has 1 aromatic heterocycles. The van der Waals surface area contributed by atoms with Gasteiger partial charge in [-0.15, -0.1) is 0 Å². The molecule has 4 aromatic carbocycles. The predicted octanol–water partition coefficient (Wildman–Crippen LogP) is 6.19. The number of benzene rings is 4. The van der Waals surface area contributed by atoms with Crippen molar-refractivity contribution in [2.24, 2.45) is 0 Å². The van der Waals surface area contributed by atoms with Gasteiger partial charge < -0.3 is 23.7 Å². The van der Waals surface area contributed by atoms with Crippen LogP contribution in [0.25, 0.3) is 22.1 Å². The van der Waals surface area contributed by atoms with Crippen LogP contribution in [0.1, 0.15) is 29.0 Å². The van der Waals surface area contributed by atoms with Gasteiger partial charge in [0.2, 0.25) is 5.43 Å². The van der Waals surface area contributed by atoms with Crippen LogP contribution in [0.3, 0.4) is 0 Å². The Morgan fingerprint density at radius 3 is 2.49 bits per heavy atom. The third kappa shape index (κ3) is 4.59. The Morgan fingerprint density at radius 2 is 1.72 bits per heavy atom. The van der Waals surface area contributed by atoms with Crippen molar-refractivity contribution < 1.29 is 28.5 Å². The fourth-order valence-corrected chi connectivity index (χ4v) is 4.94.